The average molecular weight is 379 g/mol. The molecule has 2 N–H and O–H groups in total. The molecule has 1 unspecified atom stereocenters. The Hall–Kier alpha value is -1.98. The van der Waals surface area contributed by atoms with Crippen molar-refractivity contribution < 1.29 is 13.6 Å². The van der Waals surface area contributed by atoms with Crippen LogP contribution in [0.4, 0.5) is 8.78 Å². The molecule has 2 aromatic carbocycles. The fourth-order valence-electron chi connectivity index (χ4n) is 3.19. The molecular weight excluding hydrogens is 358 g/mol. The van der Waals surface area contributed by atoms with E-state index in [4.69, 9.17) is 17.3 Å². The van der Waals surface area contributed by atoms with Crippen LogP contribution in [0.1, 0.15) is 18.9 Å². The predicted octanol–water partition coefficient (Wildman–Crippen LogP) is 4.29. The summed E-state index contributed by atoms with van der Waals surface area (Å²) in [4.78, 5) is 13.8. The van der Waals surface area contributed by atoms with E-state index >= 15 is 0 Å². The van der Waals surface area contributed by atoms with Gasteiger partial charge in [0.2, 0.25) is 5.91 Å². The Morgan fingerprint density at radius 3 is 2.19 bits per heavy atom. The molecule has 0 bridgehead atoms. The number of rotatable bonds is 4. The van der Waals surface area contributed by atoms with E-state index in [0.717, 1.165) is 17.5 Å². The Morgan fingerprint density at radius 1 is 1.15 bits per heavy atom. The number of carbonyl (C=O) groups is 1. The van der Waals surface area contributed by atoms with Gasteiger partial charge in [-0.05, 0) is 35.6 Å². The summed E-state index contributed by atoms with van der Waals surface area (Å²) in [6.07, 6.45) is 0.819. The molecule has 2 atom stereocenters. The normalized spacial score (nSPS) is 18.8. The number of alkyl halides is 2. The van der Waals surface area contributed by atoms with Gasteiger partial charge in [-0.25, -0.2) is 0 Å². The van der Waals surface area contributed by atoms with Crippen LogP contribution in [-0.4, -0.2) is 29.9 Å². The van der Waals surface area contributed by atoms with Crippen molar-refractivity contribution in [2.75, 3.05) is 13.1 Å². The average Bonchev–Trinajstić information content (AvgIpc) is 3.07. The Kier molecular flexibility index (Phi) is 5.30. The van der Waals surface area contributed by atoms with Gasteiger partial charge in [-0.1, -0.05) is 54.9 Å². The first kappa shape index (κ1) is 18.8. The number of benzene rings is 2. The zero-order valence-corrected chi connectivity index (χ0v) is 15.2. The third kappa shape index (κ3) is 3.74. The molecule has 0 saturated carbocycles. The van der Waals surface area contributed by atoms with E-state index in [1.165, 1.54) is 17.0 Å². The van der Waals surface area contributed by atoms with Crippen molar-refractivity contribution in [3.05, 3.63) is 59.1 Å². The second kappa shape index (κ2) is 7.33. The number of amides is 1. The molecular formula is C20H21ClF2N2O. The van der Waals surface area contributed by atoms with E-state index in [1.54, 1.807) is 24.3 Å². The molecule has 6 heteroatoms. The van der Waals surface area contributed by atoms with Crippen LogP contribution in [0.3, 0.4) is 0 Å². The van der Waals surface area contributed by atoms with Crippen molar-refractivity contribution in [2.45, 2.75) is 25.3 Å². The highest BCUT2D eigenvalue weighted by Crippen LogP contribution is 2.34. The third-order valence-corrected chi connectivity index (χ3v) is 5.09. The highest BCUT2D eigenvalue weighted by atomic mass is 35.5. The molecule has 3 nitrogen and oxygen atoms in total. The lowest BCUT2D eigenvalue weighted by Gasteiger charge is -2.27. The fourth-order valence-corrected chi connectivity index (χ4v) is 3.32. The van der Waals surface area contributed by atoms with Gasteiger partial charge in [0, 0.05) is 23.7 Å². The maximum absolute atomic E-state index is 14.7. The molecule has 138 valence electrons. The Balaban J connectivity index is 1.78. The number of hydrogen-bond donors (Lipinski definition) is 1. The summed E-state index contributed by atoms with van der Waals surface area (Å²) in [6, 6.07) is 11.1. The monoisotopic (exact) mass is 378 g/mol. The fraction of sp³-hybridized carbons (Fsp3) is 0.350. The summed E-state index contributed by atoms with van der Waals surface area (Å²) >= 11 is 5.86. The second-order valence-electron chi connectivity index (χ2n) is 6.86. The molecule has 0 spiro atoms. The minimum Gasteiger partial charge on any atom is -0.341 e. The molecule has 26 heavy (non-hydrogen) atoms. The smallest absolute Gasteiger partial charge is 0.296 e. The molecule has 1 amide bonds. The maximum atomic E-state index is 14.7. The van der Waals surface area contributed by atoms with Crippen LogP contribution < -0.4 is 5.73 Å². The van der Waals surface area contributed by atoms with Crippen molar-refractivity contribution in [2.24, 2.45) is 11.7 Å². The van der Waals surface area contributed by atoms with Crippen LogP contribution in [0.2, 0.25) is 5.02 Å². The standard InChI is InChI=1S/C20H21ClF2N2O/c1-13-10-11-25(12-13)19(26)18(24)20(22,23)16-6-2-14(3-7-16)15-4-8-17(21)9-5-15/h2-9,13,18H,10-12,24H2,1H3/t13-,18?/m1/s1. The van der Waals surface area contributed by atoms with Crippen molar-refractivity contribution in [3.63, 3.8) is 0 Å². The number of hydrogen-bond acceptors (Lipinski definition) is 2. The molecule has 2 aromatic rings. The molecule has 1 saturated heterocycles. The minimum absolute atomic E-state index is 0.261. The van der Waals surface area contributed by atoms with Gasteiger partial charge >= 0.3 is 0 Å². The molecule has 1 heterocycles. The first-order chi connectivity index (χ1) is 12.3. The van der Waals surface area contributed by atoms with Crippen molar-refractivity contribution >= 4 is 17.5 Å². The van der Waals surface area contributed by atoms with Crippen LogP contribution in [0.25, 0.3) is 11.1 Å². The van der Waals surface area contributed by atoms with Gasteiger partial charge in [0.1, 0.15) is 0 Å². The lowest BCUT2D eigenvalue weighted by Crippen LogP contribution is -2.51. The number of nitrogens with zero attached hydrogens (tertiary/aromatic N) is 1. The lowest BCUT2D eigenvalue weighted by molar-refractivity contribution is -0.142. The van der Waals surface area contributed by atoms with Crippen LogP contribution in [0.15, 0.2) is 48.5 Å². The molecule has 3 rings (SSSR count). The molecule has 1 fully saturated rings. The summed E-state index contributed by atoms with van der Waals surface area (Å²) in [6.45, 7) is 2.96. The zero-order chi connectivity index (χ0) is 18.9. The number of carbonyl (C=O) groups excluding carboxylic acids is 1. The first-order valence-electron chi connectivity index (χ1n) is 8.57. The van der Waals surface area contributed by atoms with E-state index in [0.29, 0.717) is 24.0 Å². The van der Waals surface area contributed by atoms with E-state index in [-0.39, 0.29) is 5.56 Å². The number of likely N-dealkylation sites (tertiary alicyclic amines) is 1. The van der Waals surface area contributed by atoms with Gasteiger partial charge in [0.15, 0.2) is 6.04 Å². The van der Waals surface area contributed by atoms with Gasteiger partial charge in [-0.15, -0.1) is 0 Å². The maximum Gasteiger partial charge on any atom is 0.296 e. The topological polar surface area (TPSA) is 46.3 Å². The van der Waals surface area contributed by atoms with Gasteiger partial charge in [-0.2, -0.15) is 8.78 Å². The predicted molar refractivity (Wildman–Crippen MR) is 99.1 cm³/mol. The lowest BCUT2D eigenvalue weighted by atomic mass is 9.97. The summed E-state index contributed by atoms with van der Waals surface area (Å²) in [5.41, 5.74) is 7.06. The number of halogens is 3. The Labute approximate surface area is 156 Å². The SMILES string of the molecule is C[C@@H]1CCN(C(=O)C(N)C(F)(F)c2ccc(-c3ccc(Cl)cc3)cc2)C1. The van der Waals surface area contributed by atoms with Crippen molar-refractivity contribution in [1.82, 2.24) is 4.90 Å². The quantitative estimate of drug-likeness (QED) is 0.862. The molecule has 1 aliphatic heterocycles. The van der Waals surface area contributed by atoms with Crippen molar-refractivity contribution in [3.8, 4) is 11.1 Å². The molecule has 0 aliphatic carbocycles. The van der Waals surface area contributed by atoms with Crippen LogP contribution in [-0.2, 0) is 10.7 Å². The zero-order valence-electron chi connectivity index (χ0n) is 14.5. The first-order valence-corrected chi connectivity index (χ1v) is 8.95. The van der Waals surface area contributed by atoms with Gasteiger partial charge < -0.3 is 10.6 Å². The minimum atomic E-state index is -3.43. The van der Waals surface area contributed by atoms with Gasteiger partial charge in [0.05, 0.1) is 0 Å². The molecule has 1 aliphatic rings. The second-order valence-corrected chi connectivity index (χ2v) is 7.30. The number of nitrogens with two attached hydrogens (primary N) is 1. The van der Waals surface area contributed by atoms with E-state index in [2.05, 4.69) is 0 Å². The summed E-state index contributed by atoms with van der Waals surface area (Å²) in [5, 5.41) is 0.609. The molecule has 0 aromatic heterocycles. The highest BCUT2D eigenvalue weighted by molar-refractivity contribution is 6.30. The summed E-state index contributed by atoms with van der Waals surface area (Å²) < 4.78 is 29.5. The van der Waals surface area contributed by atoms with Crippen LogP contribution >= 0.6 is 11.6 Å². The van der Waals surface area contributed by atoms with Gasteiger partial charge in [-0.3, -0.25) is 4.79 Å². The van der Waals surface area contributed by atoms with Crippen LogP contribution in [0, 0.1) is 5.92 Å². The largest absolute Gasteiger partial charge is 0.341 e. The Morgan fingerprint density at radius 2 is 1.69 bits per heavy atom. The van der Waals surface area contributed by atoms with E-state index in [9.17, 15) is 13.6 Å². The third-order valence-electron chi connectivity index (χ3n) is 4.84. The Bertz CT molecular complexity index is 777. The van der Waals surface area contributed by atoms with Crippen LogP contribution in [0.5, 0.6) is 0 Å². The van der Waals surface area contributed by atoms with Gasteiger partial charge in [0.25, 0.3) is 5.92 Å². The van der Waals surface area contributed by atoms with E-state index < -0.39 is 17.9 Å². The highest BCUT2D eigenvalue weighted by Gasteiger charge is 2.45. The summed E-state index contributed by atoms with van der Waals surface area (Å²) in [7, 11) is 0. The molecule has 0 radical (unpaired) electrons. The summed E-state index contributed by atoms with van der Waals surface area (Å²) in [5.74, 6) is -3.80. The van der Waals surface area contributed by atoms with Crippen molar-refractivity contribution in [1.29, 1.82) is 0 Å². The van der Waals surface area contributed by atoms with E-state index in [1.807, 2.05) is 19.1 Å².